The summed E-state index contributed by atoms with van der Waals surface area (Å²) in [4.78, 5) is 33.7. The molecule has 1 saturated heterocycles. The maximum Gasteiger partial charge on any atom is 0.324 e. The van der Waals surface area contributed by atoms with Crippen molar-refractivity contribution >= 4 is 28.9 Å². The number of hydrogen-bond donors (Lipinski definition) is 2. The van der Waals surface area contributed by atoms with Crippen LogP contribution in [-0.2, 0) is 21.0 Å². The van der Waals surface area contributed by atoms with E-state index in [4.69, 9.17) is 9.47 Å². The van der Waals surface area contributed by atoms with Gasteiger partial charge in [-0.3, -0.25) is 14.3 Å². The largest absolute Gasteiger partial charge is 0.441 e. The van der Waals surface area contributed by atoms with Gasteiger partial charge in [0.2, 0.25) is 5.95 Å². The molecule has 1 aliphatic carbocycles. The van der Waals surface area contributed by atoms with Crippen LogP contribution in [0.3, 0.4) is 0 Å². The number of nitrogens with one attached hydrogen (secondary N) is 2. The molecule has 1 unspecified atom stereocenters. The molecule has 6 rings (SSSR count). The maximum absolute atomic E-state index is 14.8. The van der Waals surface area contributed by atoms with Crippen LogP contribution in [0.5, 0.6) is 0 Å². The van der Waals surface area contributed by atoms with E-state index in [-0.39, 0.29) is 53.7 Å². The number of carbonyl (C=O) groups is 2. The zero-order valence-electron chi connectivity index (χ0n) is 24.0. The molecular weight excluding hydrogens is 594 g/mol. The van der Waals surface area contributed by atoms with E-state index in [0.717, 1.165) is 57.2 Å². The molecule has 1 aliphatic heterocycles. The lowest BCUT2D eigenvalue weighted by atomic mass is 9.93. The normalized spacial score (nSPS) is 20.1. The highest BCUT2D eigenvalue weighted by molar-refractivity contribution is 7.13. The monoisotopic (exact) mass is 626 g/mol. The highest BCUT2D eigenvalue weighted by Crippen LogP contribution is 2.34. The third-order valence-electron chi connectivity index (χ3n) is 7.74. The van der Waals surface area contributed by atoms with Crippen LogP contribution in [0.2, 0.25) is 0 Å². The van der Waals surface area contributed by atoms with Crippen LogP contribution in [0.15, 0.2) is 36.1 Å². The topological polar surface area (TPSA) is 138 Å². The van der Waals surface area contributed by atoms with Crippen molar-refractivity contribution in [1.82, 2.24) is 34.8 Å². The third kappa shape index (κ3) is 6.69. The summed E-state index contributed by atoms with van der Waals surface area (Å²) >= 11 is 1.24. The SMILES string of the molecule is CCO[C@H]1CC[C@H](n2cc(NC(=O)c3csc(-c4cnn(COC(=O)C5CCCN5)c4)n3)c(-c3nc(F)ccc3F)n2)CC1. The van der Waals surface area contributed by atoms with E-state index in [0.29, 0.717) is 17.2 Å². The Morgan fingerprint density at radius 1 is 1.11 bits per heavy atom. The number of pyridine rings is 1. The minimum absolute atomic E-state index is 0.00356. The molecule has 4 aromatic heterocycles. The van der Waals surface area contributed by atoms with E-state index in [1.54, 1.807) is 28.7 Å². The van der Waals surface area contributed by atoms with Gasteiger partial charge in [-0.25, -0.2) is 19.0 Å². The standard InChI is InChI=1S/C29H32F2N8O4S/c1-2-42-19-7-5-18(6-8-19)39-14-22(26(37-39)25-20(30)9-10-24(31)36-25)34-27(40)23-15-44-28(35-23)17-12-33-38(13-17)16-43-29(41)21-4-3-11-32-21/h9-10,12-15,18-19,21,32H,2-8,11,16H2,1H3,(H,34,40)/t18-,19-,21?. The summed E-state index contributed by atoms with van der Waals surface area (Å²) in [6.07, 6.45) is 10.0. The lowest BCUT2D eigenvalue weighted by molar-refractivity contribution is -0.150. The predicted octanol–water partition coefficient (Wildman–Crippen LogP) is 4.57. The molecule has 2 fully saturated rings. The number of amides is 1. The molecule has 44 heavy (non-hydrogen) atoms. The van der Waals surface area contributed by atoms with Crippen molar-refractivity contribution in [1.29, 1.82) is 0 Å². The summed E-state index contributed by atoms with van der Waals surface area (Å²) in [6.45, 7) is 3.37. The van der Waals surface area contributed by atoms with Crippen molar-refractivity contribution in [3.63, 3.8) is 0 Å². The summed E-state index contributed by atoms with van der Waals surface area (Å²) in [5.41, 5.74) is 0.699. The molecule has 4 aromatic rings. The molecule has 0 spiro atoms. The number of ether oxygens (including phenoxy) is 2. The zero-order valence-corrected chi connectivity index (χ0v) is 24.9. The van der Waals surface area contributed by atoms with Gasteiger partial charge in [0, 0.05) is 29.9 Å². The molecule has 1 atom stereocenters. The van der Waals surface area contributed by atoms with Gasteiger partial charge in [0.1, 0.15) is 28.1 Å². The van der Waals surface area contributed by atoms with E-state index >= 15 is 0 Å². The Labute approximate surface area is 255 Å². The molecule has 15 heteroatoms. The molecular formula is C29H32F2N8O4S. The highest BCUT2D eigenvalue weighted by atomic mass is 32.1. The second-order valence-electron chi connectivity index (χ2n) is 10.7. The number of hydrogen-bond acceptors (Lipinski definition) is 10. The van der Waals surface area contributed by atoms with Crippen LogP contribution in [-0.4, -0.2) is 66.7 Å². The van der Waals surface area contributed by atoms with E-state index < -0.39 is 17.7 Å². The zero-order chi connectivity index (χ0) is 30.6. The second-order valence-corrected chi connectivity index (χ2v) is 11.6. The van der Waals surface area contributed by atoms with Gasteiger partial charge in [-0.15, -0.1) is 11.3 Å². The first-order valence-electron chi connectivity index (χ1n) is 14.6. The number of carbonyl (C=O) groups excluding carboxylic acids is 2. The summed E-state index contributed by atoms with van der Waals surface area (Å²) in [5, 5.41) is 16.8. The first-order chi connectivity index (χ1) is 21.4. The van der Waals surface area contributed by atoms with Gasteiger partial charge < -0.3 is 20.1 Å². The Morgan fingerprint density at radius 3 is 2.73 bits per heavy atom. The van der Waals surface area contributed by atoms with Gasteiger partial charge in [-0.2, -0.15) is 14.6 Å². The lowest BCUT2D eigenvalue weighted by Gasteiger charge is -2.28. The lowest BCUT2D eigenvalue weighted by Crippen LogP contribution is -2.32. The molecule has 0 radical (unpaired) electrons. The molecule has 1 amide bonds. The number of nitrogens with zero attached hydrogens (tertiary/aromatic N) is 6. The Morgan fingerprint density at radius 2 is 1.95 bits per heavy atom. The Bertz CT molecular complexity index is 1620. The fraction of sp³-hybridized carbons (Fsp3) is 0.448. The number of aromatic nitrogens is 6. The summed E-state index contributed by atoms with van der Waals surface area (Å²) in [7, 11) is 0. The molecule has 2 N–H and O–H groups in total. The average Bonchev–Trinajstić information content (AvgIpc) is 3.84. The fourth-order valence-electron chi connectivity index (χ4n) is 5.50. The van der Waals surface area contributed by atoms with Crippen LogP contribution in [0, 0.1) is 11.8 Å². The van der Waals surface area contributed by atoms with Crippen molar-refractivity contribution in [2.24, 2.45) is 0 Å². The van der Waals surface area contributed by atoms with Crippen LogP contribution < -0.4 is 10.6 Å². The molecule has 0 aromatic carbocycles. The van der Waals surface area contributed by atoms with Gasteiger partial charge in [-0.05, 0) is 64.1 Å². The van der Waals surface area contributed by atoms with E-state index in [9.17, 15) is 18.4 Å². The van der Waals surface area contributed by atoms with Crippen molar-refractivity contribution in [2.75, 3.05) is 18.5 Å². The van der Waals surface area contributed by atoms with Crippen molar-refractivity contribution in [3.05, 3.63) is 53.6 Å². The molecule has 5 heterocycles. The number of esters is 1. The average molecular weight is 627 g/mol. The summed E-state index contributed by atoms with van der Waals surface area (Å²) in [5.74, 6) is -2.48. The van der Waals surface area contributed by atoms with Crippen molar-refractivity contribution < 1.29 is 27.8 Å². The van der Waals surface area contributed by atoms with Crippen molar-refractivity contribution in [2.45, 2.75) is 70.4 Å². The third-order valence-corrected chi connectivity index (χ3v) is 8.63. The van der Waals surface area contributed by atoms with Gasteiger partial charge in [-0.1, -0.05) is 0 Å². The number of rotatable bonds is 10. The van der Waals surface area contributed by atoms with Gasteiger partial charge in [0.05, 0.1) is 24.0 Å². The second kappa shape index (κ2) is 13.3. The smallest absolute Gasteiger partial charge is 0.324 e. The first-order valence-corrected chi connectivity index (χ1v) is 15.5. The minimum Gasteiger partial charge on any atom is -0.441 e. The molecule has 232 valence electrons. The van der Waals surface area contributed by atoms with Gasteiger partial charge >= 0.3 is 5.97 Å². The Hall–Kier alpha value is -4.08. The Balaban J connectivity index is 1.17. The van der Waals surface area contributed by atoms with E-state index in [1.165, 1.54) is 16.0 Å². The summed E-state index contributed by atoms with van der Waals surface area (Å²) in [6, 6.07) is 1.62. The van der Waals surface area contributed by atoms with E-state index in [1.807, 2.05) is 6.92 Å². The number of anilines is 1. The summed E-state index contributed by atoms with van der Waals surface area (Å²) < 4.78 is 43.1. The van der Waals surface area contributed by atoms with Gasteiger partial charge in [0.25, 0.3) is 5.91 Å². The Kier molecular flexibility index (Phi) is 9.04. The van der Waals surface area contributed by atoms with Gasteiger partial charge in [0.15, 0.2) is 12.5 Å². The predicted molar refractivity (Wildman–Crippen MR) is 157 cm³/mol. The number of halogens is 2. The number of thiazole rings is 1. The highest BCUT2D eigenvalue weighted by Gasteiger charge is 2.27. The van der Waals surface area contributed by atoms with Crippen molar-refractivity contribution in [3.8, 4) is 22.0 Å². The molecule has 2 aliphatic rings. The maximum atomic E-state index is 14.8. The first kappa shape index (κ1) is 30.0. The molecule has 12 nitrogen and oxygen atoms in total. The van der Waals surface area contributed by atoms with Crippen LogP contribution >= 0.6 is 11.3 Å². The minimum atomic E-state index is -0.861. The van der Waals surface area contributed by atoms with Crippen LogP contribution in [0.25, 0.3) is 22.0 Å². The van der Waals surface area contributed by atoms with Crippen LogP contribution in [0.4, 0.5) is 14.5 Å². The molecule has 0 bridgehead atoms. The van der Waals surface area contributed by atoms with E-state index in [2.05, 4.69) is 30.8 Å². The quantitative estimate of drug-likeness (QED) is 0.192. The molecule has 1 saturated carbocycles. The fourth-order valence-corrected chi connectivity index (χ4v) is 6.27. The van der Waals surface area contributed by atoms with Crippen LogP contribution in [0.1, 0.15) is 62.0 Å².